The monoisotopic (exact) mass is 294 g/mol. The van der Waals surface area contributed by atoms with Gasteiger partial charge in [0.2, 0.25) is 5.91 Å². The Hall–Kier alpha value is -2.69. The Kier molecular flexibility index (Phi) is 4.14. The number of amides is 1. The smallest absolute Gasteiger partial charge is 0.220 e. The van der Waals surface area contributed by atoms with Crippen molar-refractivity contribution in [3.8, 4) is 0 Å². The molecule has 0 spiro atoms. The Bertz CT molecular complexity index is 733. The highest BCUT2D eigenvalue weighted by molar-refractivity contribution is 5.77. The van der Waals surface area contributed by atoms with E-state index in [2.05, 4.69) is 20.3 Å². The molecule has 22 heavy (non-hydrogen) atoms. The average molecular weight is 294 g/mol. The summed E-state index contributed by atoms with van der Waals surface area (Å²) in [6.07, 6.45) is 4.64. The number of rotatable bonds is 5. The number of aromatic nitrogens is 3. The second-order valence-electron chi connectivity index (χ2n) is 5.29. The summed E-state index contributed by atoms with van der Waals surface area (Å²) in [6.45, 7) is 1.93. The maximum absolute atomic E-state index is 12.0. The molecule has 0 saturated carbocycles. The van der Waals surface area contributed by atoms with Gasteiger partial charge in [0, 0.05) is 18.8 Å². The van der Waals surface area contributed by atoms with Crippen molar-refractivity contribution in [1.29, 1.82) is 0 Å². The van der Waals surface area contributed by atoms with Crippen LogP contribution in [0.5, 0.6) is 0 Å². The number of nitrogens with zero attached hydrogens (tertiary/aromatic N) is 2. The highest BCUT2D eigenvalue weighted by Crippen LogP contribution is 2.15. The van der Waals surface area contributed by atoms with Crippen molar-refractivity contribution in [2.75, 3.05) is 0 Å². The topological polar surface area (TPSA) is 70.7 Å². The van der Waals surface area contributed by atoms with Gasteiger partial charge in [0.25, 0.3) is 0 Å². The van der Waals surface area contributed by atoms with Crippen LogP contribution in [-0.2, 0) is 11.2 Å². The molecule has 5 heteroatoms. The summed E-state index contributed by atoms with van der Waals surface area (Å²) in [5, 5.41) is 2.97. The number of hydrogen-bond acceptors (Lipinski definition) is 3. The van der Waals surface area contributed by atoms with E-state index in [0.29, 0.717) is 12.8 Å². The first-order chi connectivity index (χ1) is 10.7. The molecule has 112 valence electrons. The molecule has 2 aromatic heterocycles. The van der Waals surface area contributed by atoms with Crippen LogP contribution in [0.15, 0.2) is 48.8 Å². The van der Waals surface area contributed by atoms with Crippen molar-refractivity contribution in [3.63, 3.8) is 0 Å². The standard InChI is InChI=1S/C17H18N4O/c1-12(17-20-14-6-2-3-7-15(14)21-17)19-16(22)9-8-13-5-4-10-18-11-13/h2-7,10-12H,8-9H2,1H3,(H,19,22)(H,20,21)/t12-/m0/s1. The van der Waals surface area contributed by atoms with Crippen LogP contribution in [0.25, 0.3) is 11.0 Å². The Balaban J connectivity index is 1.58. The first kappa shape index (κ1) is 14.3. The lowest BCUT2D eigenvalue weighted by Crippen LogP contribution is -2.27. The molecule has 0 aliphatic rings. The molecule has 2 heterocycles. The Morgan fingerprint density at radius 2 is 2.14 bits per heavy atom. The molecular formula is C17H18N4O. The van der Waals surface area contributed by atoms with Crippen LogP contribution >= 0.6 is 0 Å². The summed E-state index contributed by atoms with van der Waals surface area (Å²) in [4.78, 5) is 23.8. The fourth-order valence-corrected chi connectivity index (χ4v) is 2.36. The van der Waals surface area contributed by atoms with Crippen LogP contribution in [0.2, 0.25) is 0 Å². The summed E-state index contributed by atoms with van der Waals surface area (Å²) in [5.41, 5.74) is 2.96. The molecule has 0 bridgehead atoms. The minimum atomic E-state index is -0.145. The highest BCUT2D eigenvalue weighted by atomic mass is 16.1. The van der Waals surface area contributed by atoms with E-state index in [1.165, 1.54) is 0 Å². The van der Waals surface area contributed by atoms with Gasteiger partial charge in [0.15, 0.2) is 0 Å². The first-order valence-electron chi connectivity index (χ1n) is 7.35. The maximum atomic E-state index is 12.0. The number of aromatic amines is 1. The molecule has 0 saturated heterocycles. The predicted octanol–water partition coefficient (Wildman–Crippen LogP) is 2.77. The average Bonchev–Trinajstić information content (AvgIpc) is 2.98. The number of H-pyrrole nitrogens is 1. The van der Waals surface area contributed by atoms with Gasteiger partial charge in [-0.25, -0.2) is 4.98 Å². The molecule has 3 aromatic rings. The third-order valence-electron chi connectivity index (χ3n) is 3.56. The number of carbonyl (C=O) groups excluding carboxylic acids is 1. The molecule has 5 nitrogen and oxygen atoms in total. The molecule has 1 amide bonds. The van der Waals surface area contributed by atoms with Crippen LogP contribution in [0.3, 0.4) is 0 Å². The van der Waals surface area contributed by atoms with Crippen LogP contribution in [0.4, 0.5) is 0 Å². The molecule has 1 atom stereocenters. The van der Waals surface area contributed by atoms with Crippen molar-refractivity contribution in [2.45, 2.75) is 25.8 Å². The van der Waals surface area contributed by atoms with Crippen LogP contribution in [0, 0.1) is 0 Å². The van der Waals surface area contributed by atoms with Gasteiger partial charge in [-0.3, -0.25) is 9.78 Å². The number of benzene rings is 1. The van der Waals surface area contributed by atoms with Gasteiger partial charge in [0.1, 0.15) is 5.82 Å². The van der Waals surface area contributed by atoms with Crippen molar-refractivity contribution in [2.24, 2.45) is 0 Å². The molecular weight excluding hydrogens is 276 g/mol. The Morgan fingerprint density at radius 1 is 1.27 bits per heavy atom. The lowest BCUT2D eigenvalue weighted by molar-refractivity contribution is -0.121. The summed E-state index contributed by atoms with van der Waals surface area (Å²) >= 11 is 0. The number of hydrogen-bond donors (Lipinski definition) is 2. The minimum absolute atomic E-state index is 0.0109. The SMILES string of the molecule is C[C@H](NC(=O)CCc1cccnc1)c1nc2ccccc2[nH]1. The van der Waals surface area contributed by atoms with E-state index in [0.717, 1.165) is 22.4 Å². The second kappa shape index (κ2) is 6.39. The number of nitrogens with one attached hydrogen (secondary N) is 2. The summed E-state index contributed by atoms with van der Waals surface area (Å²) in [6, 6.07) is 11.5. The number of aryl methyl sites for hydroxylation is 1. The zero-order chi connectivity index (χ0) is 15.4. The lowest BCUT2D eigenvalue weighted by atomic mass is 10.1. The third kappa shape index (κ3) is 3.31. The van der Waals surface area contributed by atoms with Gasteiger partial charge in [-0.1, -0.05) is 18.2 Å². The number of imidazole rings is 1. The van der Waals surface area contributed by atoms with E-state index in [9.17, 15) is 4.79 Å². The number of para-hydroxylation sites is 2. The molecule has 1 aromatic carbocycles. The Labute approximate surface area is 128 Å². The van der Waals surface area contributed by atoms with Gasteiger partial charge in [0.05, 0.1) is 17.1 Å². The number of pyridine rings is 1. The lowest BCUT2D eigenvalue weighted by Gasteiger charge is -2.11. The minimum Gasteiger partial charge on any atom is -0.346 e. The van der Waals surface area contributed by atoms with Crippen molar-refractivity contribution >= 4 is 16.9 Å². The number of carbonyl (C=O) groups is 1. The summed E-state index contributed by atoms with van der Waals surface area (Å²) in [5.74, 6) is 0.785. The molecule has 2 N–H and O–H groups in total. The predicted molar refractivity (Wildman–Crippen MR) is 85.2 cm³/mol. The van der Waals surface area contributed by atoms with E-state index >= 15 is 0 Å². The van der Waals surface area contributed by atoms with Crippen LogP contribution in [0.1, 0.15) is 30.8 Å². The normalized spacial score (nSPS) is 12.2. The van der Waals surface area contributed by atoms with Gasteiger partial charge < -0.3 is 10.3 Å². The molecule has 0 unspecified atom stereocenters. The van der Waals surface area contributed by atoms with Gasteiger partial charge >= 0.3 is 0 Å². The second-order valence-corrected chi connectivity index (χ2v) is 5.29. The van der Waals surface area contributed by atoms with E-state index in [-0.39, 0.29) is 11.9 Å². The van der Waals surface area contributed by atoms with Crippen molar-refractivity contribution in [1.82, 2.24) is 20.3 Å². The molecule has 0 fully saturated rings. The van der Waals surface area contributed by atoms with Gasteiger partial charge in [-0.05, 0) is 37.1 Å². The Morgan fingerprint density at radius 3 is 2.91 bits per heavy atom. The maximum Gasteiger partial charge on any atom is 0.220 e. The van der Waals surface area contributed by atoms with E-state index in [4.69, 9.17) is 0 Å². The fourth-order valence-electron chi connectivity index (χ4n) is 2.36. The fraction of sp³-hybridized carbons (Fsp3) is 0.235. The molecule has 3 rings (SSSR count). The summed E-state index contributed by atoms with van der Waals surface area (Å²) < 4.78 is 0. The quantitative estimate of drug-likeness (QED) is 0.760. The van der Waals surface area contributed by atoms with Crippen LogP contribution < -0.4 is 5.32 Å². The van der Waals surface area contributed by atoms with Gasteiger partial charge in [-0.2, -0.15) is 0 Å². The first-order valence-corrected chi connectivity index (χ1v) is 7.35. The molecule has 0 aliphatic carbocycles. The van der Waals surface area contributed by atoms with E-state index < -0.39 is 0 Å². The molecule has 0 radical (unpaired) electrons. The van der Waals surface area contributed by atoms with E-state index in [1.807, 2.05) is 43.3 Å². The largest absolute Gasteiger partial charge is 0.346 e. The number of fused-ring (bicyclic) bond motifs is 1. The summed E-state index contributed by atoms with van der Waals surface area (Å²) in [7, 11) is 0. The van der Waals surface area contributed by atoms with Crippen molar-refractivity contribution in [3.05, 3.63) is 60.2 Å². The highest BCUT2D eigenvalue weighted by Gasteiger charge is 2.13. The van der Waals surface area contributed by atoms with Gasteiger partial charge in [-0.15, -0.1) is 0 Å². The zero-order valence-electron chi connectivity index (χ0n) is 12.4. The molecule has 0 aliphatic heterocycles. The van der Waals surface area contributed by atoms with E-state index in [1.54, 1.807) is 12.4 Å². The van der Waals surface area contributed by atoms with Crippen LogP contribution in [-0.4, -0.2) is 20.9 Å². The van der Waals surface area contributed by atoms with Crippen molar-refractivity contribution < 1.29 is 4.79 Å². The third-order valence-corrected chi connectivity index (χ3v) is 3.56. The zero-order valence-corrected chi connectivity index (χ0v) is 12.4.